The molecule has 2 saturated heterocycles. The second-order valence-electron chi connectivity index (χ2n) is 22.6. The molecule has 0 unspecified atom stereocenters. The lowest BCUT2D eigenvalue weighted by Gasteiger charge is -2.47. The SMILES string of the molecule is CCCCCCCC/C=C/CCCCCCCC(=O)N[C@H]1[C@H](OC[C@H]2O[C@H](OCCOP(=O)(O)O)[C@H](OCCOCCOCCOCCC)[C@@H](OCCOCCOCCOCCC)[C@@H]2O)O[C@H](COC)[C@@H](OP(=O)(O)O)[C@@H]1OCC[C@@H](CCCCCCC)OC. The van der Waals surface area contributed by atoms with Gasteiger partial charge in [0, 0.05) is 40.5 Å². The zero-order valence-corrected chi connectivity index (χ0v) is 57.3. The maximum absolute atomic E-state index is 14.2. The Morgan fingerprint density at radius 1 is 0.467 bits per heavy atom. The summed E-state index contributed by atoms with van der Waals surface area (Å²) in [6.07, 6.45) is 14.6. The number of aliphatic hydroxyl groups excluding tert-OH is 1. The van der Waals surface area contributed by atoms with Crippen LogP contribution in [0.25, 0.3) is 0 Å². The maximum atomic E-state index is 14.2. The molecule has 90 heavy (non-hydrogen) atoms. The van der Waals surface area contributed by atoms with Crippen molar-refractivity contribution in [2.75, 3.05) is 140 Å². The number of hydrogen-bond acceptors (Lipinski definition) is 21. The molecular weight excluding hydrogens is 1220 g/mol. The van der Waals surface area contributed by atoms with Crippen LogP contribution in [0.5, 0.6) is 0 Å². The molecule has 2 aliphatic heterocycles. The number of aliphatic hydroxyl groups is 1. The maximum Gasteiger partial charge on any atom is 0.470 e. The summed E-state index contributed by atoms with van der Waals surface area (Å²) in [7, 11) is -7.16. The summed E-state index contributed by atoms with van der Waals surface area (Å²) >= 11 is 0. The second kappa shape index (κ2) is 55.9. The fraction of sp³-hybridized carbons (Fsp3) is 0.952. The zero-order chi connectivity index (χ0) is 65.8. The molecule has 6 N–H and O–H groups in total. The number of carbonyl (C=O) groups excluding carboxylic acids is 1. The van der Waals surface area contributed by atoms with E-state index in [1.807, 2.05) is 13.8 Å². The van der Waals surface area contributed by atoms with Gasteiger partial charge in [0.15, 0.2) is 12.6 Å². The average molecular weight is 1340 g/mol. The quantitative estimate of drug-likeness (QED) is 0.0189. The minimum absolute atomic E-state index is 0.0277. The number of phosphoric ester groups is 2. The van der Waals surface area contributed by atoms with Gasteiger partial charge in [-0.3, -0.25) is 13.8 Å². The third-order valence-electron chi connectivity index (χ3n) is 14.9. The number of methoxy groups -OCH3 is 2. The van der Waals surface area contributed by atoms with Gasteiger partial charge >= 0.3 is 15.6 Å². The Morgan fingerprint density at radius 3 is 1.47 bits per heavy atom. The van der Waals surface area contributed by atoms with E-state index in [0.29, 0.717) is 65.7 Å². The number of ether oxygens (including phenoxy) is 15. The summed E-state index contributed by atoms with van der Waals surface area (Å²) < 4.78 is 124. The zero-order valence-electron chi connectivity index (χ0n) is 55.5. The van der Waals surface area contributed by atoms with Crippen LogP contribution in [0.15, 0.2) is 12.2 Å². The number of unbranched alkanes of at least 4 members (excludes halogenated alkanes) is 15. The first-order valence-corrected chi connectivity index (χ1v) is 36.6. The normalized spacial score (nSPS) is 22.9. The lowest BCUT2D eigenvalue weighted by Crippen LogP contribution is -2.67. The van der Waals surface area contributed by atoms with Gasteiger partial charge in [0.1, 0.15) is 48.8 Å². The van der Waals surface area contributed by atoms with Crippen molar-refractivity contribution in [1.29, 1.82) is 0 Å². The van der Waals surface area contributed by atoms with E-state index in [2.05, 4.69) is 35.8 Å². The van der Waals surface area contributed by atoms with Crippen molar-refractivity contribution in [1.82, 2.24) is 5.32 Å². The first-order valence-electron chi connectivity index (χ1n) is 33.6. The van der Waals surface area contributed by atoms with Crippen LogP contribution in [0.1, 0.15) is 175 Å². The van der Waals surface area contributed by atoms with Crippen molar-refractivity contribution in [3.8, 4) is 0 Å². The highest BCUT2D eigenvalue weighted by Crippen LogP contribution is 2.43. The monoisotopic (exact) mass is 1340 g/mol. The molecule has 0 saturated carbocycles. The van der Waals surface area contributed by atoms with E-state index >= 15 is 0 Å². The molecule has 0 bridgehead atoms. The summed E-state index contributed by atoms with van der Waals surface area (Å²) in [6.45, 7) is 10.9. The Kier molecular flexibility index (Phi) is 52.7. The van der Waals surface area contributed by atoms with Gasteiger partial charge in [0.2, 0.25) is 5.91 Å². The number of hydrogen-bond donors (Lipinski definition) is 6. The van der Waals surface area contributed by atoms with Crippen molar-refractivity contribution < 1.29 is 119 Å². The molecule has 11 atom stereocenters. The van der Waals surface area contributed by atoms with Gasteiger partial charge in [-0.1, -0.05) is 123 Å². The van der Waals surface area contributed by atoms with Crippen molar-refractivity contribution in [3.05, 3.63) is 12.2 Å². The van der Waals surface area contributed by atoms with E-state index in [-0.39, 0.29) is 65.4 Å². The molecular formula is C62H121NO25P2. The predicted octanol–water partition coefficient (Wildman–Crippen LogP) is 8.43. The summed E-state index contributed by atoms with van der Waals surface area (Å²) in [5.74, 6) is -0.401. The molecule has 2 aliphatic rings. The van der Waals surface area contributed by atoms with Crippen LogP contribution < -0.4 is 5.32 Å². The molecule has 2 fully saturated rings. The molecule has 2 heterocycles. The first kappa shape index (κ1) is 84.9. The molecule has 0 aromatic heterocycles. The van der Waals surface area contributed by atoms with Crippen LogP contribution in [-0.4, -0.2) is 238 Å². The minimum Gasteiger partial charge on any atom is -0.387 e. The third-order valence-corrected chi connectivity index (χ3v) is 15.9. The molecule has 0 aromatic carbocycles. The van der Waals surface area contributed by atoms with E-state index in [1.165, 1.54) is 45.6 Å². The van der Waals surface area contributed by atoms with Crippen molar-refractivity contribution in [3.63, 3.8) is 0 Å². The molecule has 0 aromatic rings. The first-order chi connectivity index (χ1) is 43.6. The van der Waals surface area contributed by atoms with Crippen LogP contribution >= 0.6 is 15.6 Å². The van der Waals surface area contributed by atoms with Crippen LogP contribution in [0.4, 0.5) is 0 Å². The Hall–Kier alpha value is -1.21. The lowest BCUT2D eigenvalue weighted by molar-refractivity contribution is -0.332. The van der Waals surface area contributed by atoms with E-state index in [9.17, 15) is 38.6 Å². The molecule has 0 aliphatic carbocycles. The Morgan fingerprint density at radius 2 is 0.944 bits per heavy atom. The fourth-order valence-corrected chi connectivity index (χ4v) is 11.1. The van der Waals surface area contributed by atoms with Gasteiger partial charge in [-0.25, -0.2) is 9.13 Å². The highest BCUT2D eigenvalue weighted by atomic mass is 31.2. The average Bonchev–Trinajstić information content (AvgIpc) is 0.859. The number of amides is 1. The van der Waals surface area contributed by atoms with Gasteiger partial charge in [-0.15, -0.1) is 0 Å². The second-order valence-corrected chi connectivity index (χ2v) is 25.0. The number of phosphoric acid groups is 2. The van der Waals surface area contributed by atoms with Crippen LogP contribution in [-0.2, 0) is 94.0 Å². The molecule has 26 nitrogen and oxygen atoms in total. The molecule has 0 radical (unpaired) electrons. The summed E-state index contributed by atoms with van der Waals surface area (Å²) in [6, 6.07) is -1.27. The molecule has 28 heteroatoms. The Balaban J connectivity index is 2.45. The fourth-order valence-electron chi connectivity index (χ4n) is 10.2. The van der Waals surface area contributed by atoms with Gasteiger partial charge in [-0.2, -0.15) is 0 Å². The van der Waals surface area contributed by atoms with E-state index in [0.717, 1.165) is 89.9 Å². The van der Waals surface area contributed by atoms with E-state index < -0.39 is 103 Å². The Bertz CT molecular complexity index is 1790. The Labute approximate surface area is 538 Å². The number of nitrogens with one attached hydrogen (secondary N) is 1. The van der Waals surface area contributed by atoms with Crippen LogP contribution in [0.2, 0.25) is 0 Å². The number of allylic oxidation sites excluding steroid dienone is 2. The van der Waals surface area contributed by atoms with Gasteiger partial charge in [-0.05, 0) is 57.8 Å². The summed E-state index contributed by atoms with van der Waals surface area (Å²) in [4.78, 5) is 53.8. The van der Waals surface area contributed by atoms with E-state index in [1.54, 1.807) is 7.11 Å². The van der Waals surface area contributed by atoms with E-state index in [4.69, 9.17) is 75.6 Å². The van der Waals surface area contributed by atoms with Crippen LogP contribution in [0, 0.1) is 0 Å². The molecule has 1 amide bonds. The van der Waals surface area contributed by atoms with Crippen LogP contribution in [0.3, 0.4) is 0 Å². The smallest absolute Gasteiger partial charge is 0.387 e. The summed E-state index contributed by atoms with van der Waals surface area (Å²) in [5, 5.41) is 15.3. The highest BCUT2D eigenvalue weighted by Gasteiger charge is 2.53. The number of rotatable bonds is 63. The molecule has 0 spiro atoms. The van der Waals surface area contributed by atoms with Gasteiger partial charge in [0.25, 0.3) is 0 Å². The van der Waals surface area contributed by atoms with Crippen molar-refractivity contribution in [2.24, 2.45) is 0 Å². The van der Waals surface area contributed by atoms with Gasteiger partial charge < -0.3 is 101 Å². The van der Waals surface area contributed by atoms with Crippen molar-refractivity contribution >= 4 is 21.6 Å². The van der Waals surface area contributed by atoms with Crippen molar-refractivity contribution in [2.45, 2.75) is 243 Å². The largest absolute Gasteiger partial charge is 0.470 e. The molecule has 534 valence electrons. The topological polar surface area (TPSA) is 321 Å². The standard InChI is InChI=1S/C62H121NO25P2/c1-7-11-13-15-16-17-18-19-20-21-22-23-24-26-28-30-54(64)63-55-58(80-34-31-51(73-6)29-27-25-14-12-8-2)57(88-90(69,70)71)53(49-72-5)87-61(55)84-50-52-56(65)59(81-45-43-78-41-39-76-37-35-74-32-9-3)60(62(86-52)83-47-48-85-89(66,67)68)82-46-44-79-42-40-77-38-36-75-33-10-4/h19-20,51-53,55-62,65H,7-18,21-50H2,1-6H3,(H,63,64)(H2,66,67,68)(H2,69,70,71)/b20-19+/t51-,52-,53-,55-,56-,57-,58-,59+,60-,61-,62+/m1/s1. The predicted molar refractivity (Wildman–Crippen MR) is 337 cm³/mol. The summed E-state index contributed by atoms with van der Waals surface area (Å²) in [5.41, 5.74) is 0. The number of carbonyl (C=O) groups is 1. The van der Waals surface area contributed by atoms with Gasteiger partial charge in [0.05, 0.1) is 112 Å². The third kappa shape index (κ3) is 43.1. The lowest BCUT2D eigenvalue weighted by atomic mass is 9.95. The molecule has 2 rings (SSSR count). The highest BCUT2D eigenvalue weighted by molar-refractivity contribution is 7.46. The minimum atomic E-state index is -5.25.